The molecule has 0 aliphatic carbocycles. The molecule has 2 heterocycles. The Labute approximate surface area is 116 Å². The molecule has 0 unspecified atom stereocenters. The molecular formula is C10H11N5O4S. The fourth-order valence-electron chi connectivity index (χ4n) is 1.38. The largest absolute Gasteiger partial charge is 0.468 e. The summed E-state index contributed by atoms with van der Waals surface area (Å²) in [6, 6.07) is 1.53. The van der Waals surface area contributed by atoms with Gasteiger partial charge in [0.25, 0.3) is 5.91 Å². The number of furan rings is 1. The molecular weight excluding hydrogens is 286 g/mol. The SMILES string of the molecule is Cn1[nH]c(=O)c(=O)nc1SCc1cc(C(=O)NN)co1. The van der Waals surface area contributed by atoms with Gasteiger partial charge in [0.15, 0.2) is 5.16 Å². The van der Waals surface area contributed by atoms with Gasteiger partial charge in [-0.15, -0.1) is 0 Å². The molecule has 0 aliphatic rings. The van der Waals surface area contributed by atoms with Gasteiger partial charge in [-0.3, -0.25) is 29.6 Å². The van der Waals surface area contributed by atoms with Crippen molar-refractivity contribution >= 4 is 17.7 Å². The Kier molecular flexibility index (Phi) is 4.05. The molecule has 106 valence electrons. The number of aromatic nitrogens is 3. The number of thioether (sulfide) groups is 1. The first-order valence-electron chi connectivity index (χ1n) is 5.39. The van der Waals surface area contributed by atoms with Crippen LogP contribution in [0, 0.1) is 0 Å². The monoisotopic (exact) mass is 297 g/mol. The Hall–Kier alpha value is -2.33. The first-order valence-corrected chi connectivity index (χ1v) is 6.38. The molecule has 0 atom stereocenters. The standard InChI is InChI=1S/C10H11N5O4S/c1-15-10(12-8(17)9(18)14-15)20-4-6-2-5(3-19-6)7(16)13-11/h2-3H,4,11H2,1H3,(H,13,16)(H,14,18). The second-order valence-corrected chi connectivity index (χ2v) is 4.71. The number of amides is 1. The number of rotatable bonds is 4. The Balaban J connectivity index is 2.11. The lowest BCUT2D eigenvalue weighted by molar-refractivity contribution is 0.0953. The third-order valence-electron chi connectivity index (χ3n) is 2.34. The van der Waals surface area contributed by atoms with Crippen LogP contribution in [0.25, 0.3) is 0 Å². The molecule has 0 fully saturated rings. The number of carbonyl (C=O) groups is 1. The zero-order valence-corrected chi connectivity index (χ0v) is 11.2. The summed E-state index contributed by atoms with van der Waals surface area (Å²) in [6.07, 6.45) is 1.28. The van der Waals surface area contributed by atoms with Gasteiger partial charge < -0.3 is 4.42 Å². The molecule has 4 N–H and O–H groups in total. The van der Waals surface area contributed by atoms with E-state index in [-0.39, 0.29) is 0 Å². The van der Waals surface area contributed by atoms with Crippen LogP contribution >= 0.6 is 11.8 Å². The summed E-state index contributed by atoms with van der Waals surface area (Å²) in [7, 11) is 1.56. The molecule has 2 aromatic rings. The van der Waals surface area contributed by atoms with Gasteiger partial charge in [0.05, 0.1) is 11.3 Å². The van der Waals surface area contributed by atoms with Crippen molar-refractivity contribution in [2.45, 2.75) is 10.9 Å². The minimum atomic E-state index is -0.853. The molecule has 0 saturated heterocycles. The highest BCUT2D eigenvalue weighted by Gasteiger charge is 2.10. The topological polar surface area (TPSA) is 136 Å². The first kappa shape index (κ1) is 14.1. The van der Waals surface area contributed by atoms with Gasteiger partial charge in [-0.1, -0.05) is 11.8 Å². The maximum absolute atomic E-state index is 11.2. The van der Waals surface area contributed by atoms with E-state index >= 15 is 0 Å². The lowest BCUT2D eigenvalue weighted by Gasteiger charge is -2.03. The maximum atomic E-state index is 11.2. The summed E-state index contributed by atoms with van der Waals surface area (Å²) in [5, 5.41) is 2.66. The average Bonchev–Trinajstić information content (AvgIpc) is 2.89. The van der Waals surface area contributed by atoms with Crippen molar-refractivity contribution in [3.63, 3.8) is 0 Å². The summed E-state index contributed by atoms with van der Waals surface area (Å²) in [5.41, 5.74) is 0.651. The lowest BCUT2D eigenvalue weighted by atomic mass is 10.3. The quantitative estimate of drug-likeness (QED) is 0.215. The van der Waals surface area contributed by atoms with Crippen molar-refractivity contribution < 1.29 is 9.21 Å². The number of nitrogens with two attached hydrogens (primary N) is 1. The predicted octanol–water partition coefficient (Wildman–Crippen LogP) is -1.04. The Morgan fingerprint density at radius 3 is 3.05 bits per heavy atom. The van der Waals surface area contributed by atoms with Gasteiger partial charge in [0.1, 0.15) is 12.0 Å². The van der Waals surface area contributed by atoms with E-state index in [2.05, 4.69) is 10.1 Å². The Morgan fingerprint density at radius 2 is 2.35 bits per heavy atom. The van der Waals surface area contributed by atoms with Crippen LogP contribution in [0.1, 0.15) is 16.1 Å². The summed E-state index contributed by atoms with van der Waals surface area (Å²) in [5.74, 6) is 5.39. The van der Waals surface area contributed by atoms with Crippen LogP contribution in [0.15, 0.2) is 31.5 Å². The van der Waals surface area contributed by atoms with Crippen LogP contribution < -0.4 is 22.4 Å². The van der Waals surface area contributed by atoms with Crippen molar-refractivity contribution in [3.8, 4) is 0 Å². The first-order chi connectivity index (χ1) is 9.51. The minimum absolute atomic E-state index is 0.298. The van der Waals surface area contributed by atoms with Crippen molar-refractivity contribution in [2.24, 2.45) is 12.9 Å². The van der Waals surface area contributed by atoms with Gasteiger partial charge >= 0.3 is 11.1 Å². The molecule has 0 aliphatic heterocycles. The fourth-order valence-corrected chi connectivity index (χ4v) is 2.19. The molecule has 2 aromatic heterocycles. The molecule has 2 rings (SSSR count). The van der Waals surface area contributed by atoms with Crippen LogP contribution in [0.2, 0.25) is 0 Å². The molecule has 0 spiro atoms. The van der Waals surface area contributed by atoms with Crippen molar-refractivity contribution in [2.75, 3.05) is 0 Å². The van der Waals surface area contributed by atoms with Gasteiger partial charge in [-0.05, 0) is 6.07 Å². The van der Waals surface area contributed by atoms with Gasteiger partial charge in [-0.2, -0.15) is 4.98 Å². The fraction of sp³-hybridized carbons (Fsp3) is 0.200. The maximum Gasteiger partial charge on any atom is 0.339 e. The van der Waals surface area contributed by atoms with E-state index in [4.69, 9.17) is 10.3 Å². The zero-order valence-electron chi connectivity index (χ0n) is 10.4. The van der Waals surface area contributed by atoms with Crippen LogP contribution in [0.4, 0.5) is 0 Å². The highest BCUT2D eigenvalue weighted by Crippen LogP contribution is 2.20. The van der Waals surface area contributed by atoms with E-state index in [1.165, 1.54) is 28.8 Å². The number of nitrogen functional groups attached to an aromatic ring is 1. The van der Waals surface area contributed by atoms with E-state index in [0.717, 1.165) is 0 Å². The second kappa shape index (κ2) is 5.75. The van der Waals surface area contributed by atoms with Crippen molar-refractivity contribution in [1.82, 2.24) is 20.2 Å². The van der Waals surface area contributed by atoms with Crippen LogP contribution in [0.5, 0.6) is 0 Å². The molecule has 0 saturated carbocycles. The zero-order chi connectivity index (χ0) is 14.7. The second-order valence-electron chi connectivity index (χ2n) is 3.76. The third kappa shape index (κ3) is 2.97. The van der Waals surface area contributed by atoms with E-state index in [0.29, 0.717) is 22.2 Å². The van der Waals surface area contributed by atoms with Crippen LogP contribution in [-0.2, 0) is 12.8 Å². The number of carbonyl (C=O) groups excluding carboxylic acids is 1. The number of aryl methyl sites for hydroxylation is 1. The van der Waals surface area contributed by atoms with Gasteiger partial charge in [0.2, 0.25) is 0 Å². The summed E-state index contributed by atoms with van der Waals surface area (Å²) in [4.78, 5) is 37.1. The summed E-state index contributed by atoms with van der Waals surface area (Å²) < 4.78 is 6.52. The minimum Gasteiger partial charge on any atom is -0.468 e. The molecule has 20 heavy (non-hydrogen) atoms. The molecule has 9 nitrogen and oxygen atoms in total. The summed E-state index contributed by atoms with van der Waals surface area (Å²) in [6.45, 7) is 0. The summed E-state index contributed by atoms with van der Waals surface area (Å²) >= 11 is 1.18. The molecule has 0 aromatic carbocycles. The number of hydrogen-bond acceptors (Lipinski definition) is 7. The smallest absolute Gasteiger partial charge is 0.339 e. The molecule has 10 heteroatoms. The van der Waals surface area contributed by atoms with E-state index < -0.39 is 17.0 Å². The van der Waals surface area contributed by atoms with Crippen molar-refractivity contribution in [1.29, 1.82) is 0 Å². The average molecular weight is 297 g/mol. The van der Waals surface area contributed by atoms with E-state index in [1.54, 1.807) is 7.05 Å². The molecule has 0 bridgehead atoms. The number of H-pyrrole nitrogens is 1. The van der Waals surface area contributed by atoms with Gasteiger partial charge in [0, 0.05) is 7.05 Å². The van der Waals surface area contributed by atoms with Gasteiger partial charge in [-0.25, -0.2) is 5.84 Å². The number of nitrogens with zero attached hydrogens (tertiary/aromatic N) is 2. The lowest BCUT2D eigenvalue weighted by Crippen LogP contribution is -2.33. The Bertz CT molecular complexity index is 747. The highest BCUT2D eigenvalue weighted by molar-refractivity contribution is 7.98. The number of hydrazine groups is 1. The van der Waals surface area contributed by atoms with E-state index in [1.807, 2.05) is 5.43 Å². The van der Waals surface area contributed by atoms with E-state index in [9.17, 15) is 14.4 Å². The normalized spacial score (nSPS) is 10.5. The third-order valence-corrected chi connectivity index (χ3v) is 3.39. The Morgan fingerprint density at radius 1 is 1.60 bits per heavy atom. The number of aromatic amines is 1. The molecule has 0 radical (unpaired) electrons. The predicted molar refractivity (Wildman–Crippen MR) is 70.0 cm³/mol. The van der Waals surface area contributed by atoms with Crippen molar-refractivity contribution in [3.05, 3.63) is 44.4 Å². The van der Waals surface area contributed by atoms with Crippen LogP contribution in [-0.4, -0.2) is 20.7 Å². The number of hydrogen-bond donors (Lipinski definition) is 3. The molecule has 1 amide bonds. The highest BCUT2D eigenvalue weighted by atomic mass is 32.2. The van der Waals surface area contributed by atoms with Crippen LogP contribution in [0.3, 0.4) is 0 Å². The number of nitrogens with one attached hydrogen (secondary N) is 2.